The van der Waals surface area contributed by atoms with E-state index in [1.54, 1.807) is 36.3 Å². The lowest BCUT2D eigenvalue weighted by Gasteiger charge is -2.17. The third kappa shape index (κ3) is 5.67. The molecule has 9 heteroatoms. The zero-order valence-corrected chi connectivity index (χ0v) is 20.2. The smallest absolute Gasteiger partial charge is 0.255 e. The third-order valence-corrected chi connectivity index (χ3v) is 6.30. The number of carbonyl (C=O) groups is 1. The van der Waals surface area contributed by atoms with Gasteiger partial charge in [-0.3, -0.25) is 19.7 Å². The van der Waals surface area contributed by atoms with Gasteiger partial charge in [0, 0.05) is 31.8 Å². The summed E-state index contributed by atoms with van der Waals surface area (Å²) in [4.78, 5) is 29.3. The molecule has 3 heterocycles. The number of H-pyrrole nitrogens is 1. The SMILES string of the molecule is COCC(c1ccc(Cn2ccccc2=O)cc1)c1n[nH]cc1C(=O)NCc1nccc(C)c1Cl. The van der Waals surface area contributed by atoms with Gasteiger partial charge >= 0.3 is 0 Å². The Morgan fingerprint density at radius 3 is 2.74 bits per heavy atom. The average molecular weight is 492 g/mol. The predicted octanol–water partition coefficient (Wildman–Crippen LogP) is 3.68. The first-order chi connectivity index (χ1) is 17.0. The molecule has 1 atom stereocenters. The molecule has 180 valence electrons. The van der Waals surface area contributed by atoms with Crippen molar-refractivity contribution < 1.29 is 9.53 Å². The molecule has 0 spiro atoms. The van der Waals surface area contributed by atoms with Crippen molar-refractivity contribution in [1.29, 1.82) is 0 Å². The standard InChI is InChI=1S/C26H26ClN5O3/c1-17-10-11-28-22(24(17)27)14-29-26(34)20-13-30-31-25(20)21(16-35-2)19-8-6-18(7-9-19)15-32-12-4-3-5-23(32)33/h3-13,21H,14-16H2,1-2H3,(H,29,34)(H,30,31). The van der Waals surface area contributed by atoms with Gasteiger partial charge in [-0.1, -0.05) is 41.9 Å². The summed E-state index contributed by atoms with van der Waals surface area (Å²) in [5.74, 6) is -0.546. The third-order valence-electron chi connectivity index (χ3n) is 5.78. The van der Waals surface area contributed by atoms with Crippen molar-refractivity contribution in [3.63, 3.8) is 0 Å². The van der Waals surface area contributed by atoms with Crippen LogP contribution in [0.25, 0.3) is 0 Å². The second-order valence-electron chi connectivity index (χ2n) is 8.17. The summed E-state index contributed by atoms with van der Waals surface area (Å²) in [7, 11) is 1.61. The van der Waals surface area contributed by atoms with Crippen LogP contribution in [0.2, 0.25) is 5.02 Å². The molecular formula is C26H26ClN5O3. The molecule has 1 amide bonds. The second kappa shape index (κ2) is 11.1. The zero-order valence-electron chi connectivity index (χ0n) is 19.5. The van der Waals surface area contributed by atoms with E-state index in [9.17, 15) is 9.59 Å². The first-order valence-corrected chi connectivity index (χ1v) is 11.5. The summed E-state index contributed by atoms with van der Waals surface area (Å²) < 4.78 is 7.10. The summed E-state index contributed by atoms with van der Waals surface area (Å²) in [6.07, 6.45) is 5.01. The average Bonchev–Trinajstić information content (AvgIpc) is 3.35. The van der Waals surface area contributed by atoms with Crippen LogP contribution in [0.1, 0.15) is 44.4 Å². The van der Waals surface area contributed by atoms with Crippen molar-refractivity contribution in [2.45, 2.75) is 25.9 Å². The van der Waals surface area contributed by atoms with Crippen LogP contribution in [0.15, 0.2) is 71.9 Å². The fourth-order valence-corrected chi connectivity index (χ4v) is 4.05. The fraction of sp³-hybridized carbons (Fsp3) is 0.231. The minimum absolute atomic E-state index is 0.0526. The Morgan fingerprint density at radius 1 is 1.20 bits per heavy atom. The molecule has 0 aliphatic rings. The highest BCUT2D eigenvalue weighted by molar-refractivity contribution is 6.31. The van der Waals surface area contributed by atoms with Gasteiger partial charge in [0.1, 0.15) is 0 Å². The number of amides is 1. The van der Waals surface area contributed by atoms with E-state index < -0.39 is 0 Å². The summed E-state index contributed by atoms with van der Waals surface area (Å²) >= 11 is 6.31. The number of carbonyl (C=O) groups excluding carboxylic acids is 1. The highest BCUT2D eigenvalue weighted by Gasteiger charge is 2.24. The molecule has 3 aromatic heterocycles. The lowest BCUT2D eigenvalue weighted by molar-refractivity contribution is 0.0948. The number of pyridine rings is 2. The molecule has 1 unspecified atom stereocenters. The van der Waals surface area contributed by atoms with Gasteiger partial charge in [0.25, 0.3) is 11.5 Å². The van der Waals surface area contributed by atoms with Crippen molar-refractivity contribution in [2.24, 2.45) is 0 Å². The molecule has 35 heavy (non-hydrogen) atoms. The number of hydrogen-bond donors (Lipinski definition) is 2. The Hall–Kier alpha value is -3.75. The van der Waals surface area contributed by atoms with E-state index in [2.05, 4.69) is 20.5 Å². The van der Waals surface area contributed by atoms with Crippen LogP contribution in [0.4, 0.5) is 0 Å². The quantitative estimate of drug-likeness (QED) is 0.372. The van der Waals surface area contributed by atoms with Crippen LogP contribution in [0.3, 0.4) is 0 Å². The Kier molecular flexibility index (Phi) is 7.74. The Bertz CT molecular complexity index is 1360. The van der Waals surface area contributed by atoms with E-state index in [-0.39, 0.29) is 23.9 Å². The second-order valence-corrected chi connectivity index (χ2v) is 8.55. The van der Waals surface area contributed by atoms with Crippen LogP contribution >= 0.6 is 11.6 Å². The monoisotopic (exact) mass is 491 g/mol. The number of benzene rings is 1. The molecule has 0 saturated heterocycles. The Morgan fingerprint density at radius 2 is 2.00 bits per heavy atom. The zero-order chi connectivity index (χ0) is 24.8. The molecule has 0 bridgehead atoms. The molecule has 2 N–H and O–H groups in total. The summed E-state index contributed by atoms with van der Waals surface area (Å²) in [5.41, 5.74) is 4.39. The van der Waals surface area contributed by atoms with E-state index in [4.69, 9.17) is 16.3 Å². The number of halogens is 1. The van der Waals surface area contributed by atoms with Gasteiger partial charge in [-0.2, -0.15) is 5.10 Å². The van der Waals surface area contributed by atoms with Gasteiger partial charge < -0.3 is 14.6 Å². The number of nitrogens with zero attached hydrogens (tertiary/aromatic N) is 3. The van der Waals surface area contributed by atoms with E-state index in [0.29, 0.717) is 35.1 Å². The molecule has 0 fully saturated rings. The van der Waals surface area contributed by atoms with Crippen molar-refractivity contribution in [3.05, 3.63) is 116 Å². The van der Waals surface area contributed by atoms with Crippen LogP contribution in [0, 0.1) is 6.92 Å². The molecule has 0 radical (unpaired) electrons. The first-order valence-electron chi connectivity index (χ1n) is 11.1. The summed E-state index contributed by atoms with van der Waals surface area (Å²) in [5, 5.41) is 10.6. The van der Waals surface area contributed by atoms with Gasteiger partial charge in [0.05, 0.1) is 47.6 Å². The number of aromatic amines is 1. The molecule has 8 nitrogen and oxygen atoms in total. The number of hydrogen-bond acceptors (Lipinski definition) is 5. The molecule has 4 rings (SSSR count). The van der Waals surface area contributed by atoms with E-state index in [1.165, 1.54) is 6.07 Å². The van der Waals surface area contributed by atoms with Gasteiger partial charge in [0.2, 0.25) is 0 Å². The number of aryl methyl sites for hydroxylation is 1. The molecule has 4 aromatic rings. The molecule has 0 saturated carbocycles. The largest absolute Gasteiger partial charge is 0.384 e. The summed E-state index contributed by atoms with van der Waals surface area (Å²) in [6.45, 7) is 2.91. The number of methoxy groups -OCH3 is 1. The lowest BCUT2D eigenvalue weighted by Crippen LogP contribution is -2.25. The van der Waals surface area contributed by atoms with Gasteiger partial charge in [-0.15, -0.1) is 0 Å². The highest BCUT2D eigenvalue weighted by atomic mass is 35.5. The van der Waals surface area contributed by atoms with Crippen LogP contribution in [0.5, 0.6) is 0 Å². The topological polar surface area (TPSA) is 102 Å². The number of nitrogens with one attached hydrogen (secondary N) is 2. The lowest BCUT2D eigenvalue weighted by atomic mass is 9.93. The van der Waals surface area contributed by atoms with Crippen molar-refractivity contribution >= 4 is 17.5 Å². The molecule has 0 aliphatic heterocycles. The summed E-state index contributed by atoms with van der Waals surface area (Å²) in [6, 6.07) is 14.8. The van der Waals surface area contributed by atoms with Crippen LogP contribution < -0.4 is 10.9 Å². The van der Waals surface area contributed by atoms with Crippen molar-refractivity contribution in [2.75, 3.05) is 13.7 Å². The van der Waals surface area contributed by atoms with E-state index in [1.807, 2.05) is 43.3 Å². The minimum Gasteiger partial charge on any atom is -0.384 e. The predicted molar refractivity (Wildman–Crippen MR) is 134 cm³/mol. The number of aromatic nitrogens is 4. The van der Waals surface area contributed by atoms with Crippen LogP contribution in [-0.4, -0.2) is 39.4 Å². The Balaban J connectivity index is 1.52. The molecule has 0 aliphatic carbocycles. The van der Waals surface area contributed by atoms with E-state index in [0.717, 1.165) is 16.7 Å². The van der Waals surface area contributed by atoms with Gasteiger partial charge in [0.15, 0.2) is 0 Å². The Labute approximate surface area is 207 Å². The van der Waals surface area contributed by atoms with Crippen molar-refractivity contribution in [1.82, 2.24) is 25.1 Å². The van der Waals surface area contributed by atoms with Crippen LogP contribution in [-0.2, 0) is 17.8 Å². The maximum absolute atomic E-state index is 13.0. The number of rotatable bonds is 9. The number of ether oxygens (including phenoxy) is 1. The normalized spacial score (nSPS) is 11.9. The fourth-order valence-electron chi connectivity index (χ4n) is 3.87. The molecule has 1 aromatic carbocycles. The maximum Gasteiger partial charge on any atom is 0.255 e. The highest BCUT2D eigenvalue weighted by Crippen LogP contribution is 2.27. The van der Waals surface area contributed by atoms with Gasteiger partial charge in [-0.05, 0) is 35.7 Å². The molecular weight excluding hydrogens is 466 g/mol. The van der Waals surface area contributed by atoms with Gasteiger partial charge in [-0.25, -0.2) is 0 Å². The van der Waals surface area contributed by atoms with E-state index >= 15 is 0 Å². The van der Waals surface area contributed by atoms with Crippen molar-refractivity contribution in [3.8, 4) is 0 Å². The minimum atomic E-state index is -0.283. The first kappa shape index (κ1) is 24.4. The maximum atomic E-state index is 13.0.